The first kappa shape index (κ1) is 10.8. The van der Waals surface area contributed by atoms with Crippen molar-refractivity contribution in [2.75, 3.05) is 12.3 Å². The molecule has 0 saturated heterocycles. The fourth-order valence-corrected chi connectivity index (χ4v) is 1.73. The second-order valence-electron chi connectivity index (χ2n) is 4.20. The Hall–Kier alpha value is -1.72. The van der Waals surface area contributed by atoms with Gasteiger partial charge in [0.15, 0.2) is 0 Å². The number of carbonyl (C=O) groups excluding carboxylic acids is 1. The van der Waals surface area contributed by atoms with Crippen molar-refractivity contribution in [2.24, 2.45) is 0 Å². The van der Waals surface area contributed by atoms with Crippen molar-refractivity contribution in [1.29, 1.82) is 0 Å². The highest BCUT2D eigenvalue weighted by Crippen LogP contribution is 2.20. The Kier molecular flexibility index (Phi) is 2.72. The number of rotatable bonds is 1. The van der Waals surface area contributed by atoms with Gasteiger partial charge in [0.1, 0.15) is 5.76 Å². The normalized spacial score (nSPS) is 15.1. The molecule has 0 aliphatic carbocycles. The quantitative estimate of drug-likeness (QED) is 0.736. The van der Waals surface area contributed by atoms with Crippen molar-refractivity contribution in [3.05, 3.63) is 11.5 Å². The molecule has 0 unspecified atom stereocenters. The molecule has 6 nitrogen and oxygen atoms in total. The van der Waals surface area contributed by atoms with E-state index in [9.17, 15) is 4.79 Å². The van der Waals surface area contributed by atoms with Crippen molar-refractivity contribution >= 4 is 12.0 Å². The lowest BCUT2D eigenvalue weighted by Crippen LogP contribution is -2.44. The third-order valence-corrected chi connectivity index (χ3v) is 2.45. The minimum absolute atomic E-state index is 0.0735. The lowest BCUT2D eigenvalue weighted by molar-refractivity contribution is 0.184. The molecule has 3 N–H and O–H groups in total. The fraction of sp³-hybridized carbons (Fsp3) is 0.600. The van der Waals surface area contributed by atoms with E-state index < -0.39 is 0 Å². The molecular formula is C10H16N4O2. The van der Waals surface area contributed by atoms with E-state index in [4.69, 9.17) is 10.2 Å². The van der Waals surface area contributed by atoms with Gasteiger partial charge in [0.25, 0.3) is 6.01 Å². The molecule has 2 heterocycles. The van der Waals surface area contributed by atoms with Crippen LogP contribution in [-0.2, 0) is 13.0 Å². The van der Waals surface area contributed by atoms with Gasteiger partial charge in [-0.3, -0.25) is 0 Å². The van der Waals surface area contributed by atoms with E-state index in [2.05, 4.69) is 10.3 Å². The van der Waals surface area contributed by atoms with Crippen LogP contribution in [0.2, 0.25) is 0 Å². The number of hydrogen-bond donors (Lipinski definition) is 2. The topological polar surface area (TPSA) is 84.4 Å². The number of nitrogen functional groups attached to an aromatic ring is 1. The van der Waals surface area contributed by atoms with Gasteiger partial charge in [0, 0.05) is 19.0 Å². The van der Waals surface area contributed by atoms with Gasteiger partial charge in [-0.25, -0.2) is 4.79 Å². The van der Waals surface area contributed by atoms with Crippen LogP contribution >= 0.6 is 0 Å². The summed E-state index contributed by atoms with van der Waals surface area (Å²) in [4.78, 5) is 17.5. The molecule has 0 atom stereocenters. The van der Waals surface area contributed by atoms with Crippen molar-refractivity contribution < 1.29 is 9.21 Å². The first-order valence-electron chi connectivity index (χ1n) is 5.35. The van der Waals surface area contributed by atoms with Gasteiger partial charge < -0.3 is 20.4 Å². The molecule has 1 aliphatic rings. The number of nitrogens with zero attached hydrogens (tertiary/aromatic N) is 2. The molecular weight excluding hydrogens is 208 g/mol. The molecule has 2 amide bonds. The zero-order valence-electron chi connectivity index (χ0n) is 9.49. The predicted molar refractivity (Wildman–Crippen MR) is 58.7 cm³/mol. The number of hydrogen-bond acceptors (Lipinski definition) is 4. The van der Waals surface area contributed by atoms with Crippen molar-refractivity contribution in [3.8, 4) is 0 Å². The van der Waals surface area contributed by atoms with E-state index in [1.165, 1.54) is 0 Å². The Morgan fingerprint density at radius 1 is 1.62 bits per heavy atom. The van der Waals surface area contributed by atoms with Crippen molar-refractivity contribution in [2.45, 2.75) is 32.9 Å². The van der Waals surface area contributed by atoms with E-state index in [-0.39, 0.29) is 18.1 Å². The van der Waals surface area contributed by atoms with E-state index >= 15 is 0 Å². The number of oxazole rings is 1. The SMILES string of the molecule is CC(C)NC(=O)N1CCc2nc(N)oc2C1. The minimum atomic E-state index is -0.0735. The number of fused-ring (bicyclic) bond motifs is 1. The Bertz CT molecular complexity index is 400. The third kappa shape index (κ3) is 2.10. The number of carbonyl (C=O) groups is 1. The average Bonchev–Trinajstić information content (AvgIpc) is 2.55. The molecule has 1 aliphatic heterocycles. The van der Waals surface area contributed by atoms with Gasteiger partial charge in [0.05, 0.1) is 12.2 Å². The summed E-state index contributed by atoms with van der Waals surface area (Å²) in [5.74, 6) is 0.697. The van der Waals surface area contributed by atoms with Gasteiger partial charge in [0.2, 0.25) is 0 Å². The van der Waals surface area contributed by atoms with Crippen LogP contribution in [-0.4, -0.2) is 28.5 Å². The number of nitrogens with two attached hydrogens (primary N) is 1. The average molecular weight is 224 g/mol. The summed E-state index contributed by atoms with van der Waals surface area (Å²) in [5.41, 5.74) is 6.33. The number of urea groups is 1. The Labute approximate surface area is 93.8 Å². The number of nitrogens with one attached hydrogen (secondary N) is 1. The maximum atomic E-state index is 11.7. The standard InChI is InChI=1S/C10H16N4O2/c1-6(2)12-10(15)14-4-3-7-8(5-14)16-9(11)13-7/h6H,3-5H2,1-2H3,(H2,11,13)(H,12,15). The molecule has 0 fully saturated rings. The largest absolute Gasteiger partial charge is 0.427 e. The van der Waals surface area contributed by atoms with Crippen LogP contribution in [0.3, 0.4) is 0 Å². The second-order valence-corrected chi connectivity index (χ2v) is 4.20. The summed E-state index contributed by atoms with van der Waals surface area (Å²) in [5, 5.41) is 2.84. The van der Waals surface area contributed by atoms with Gasteiger partial charge >= 0.3 is 6.03 Å². The molecule has 2 rings (SSSR count). The first-order chi connectivity index (χ1) is 7.56. The molecule has 0 aromatic carbocycles. The number of aromatic nitrogens is 1. The molecule has 1 aromatic heterocycles. The lowest BCUT2D eigenvalue weighted by atomic mass is 10.2. The van der Waals surface area contributed by atoms with Gasteiger partial charge in [-0.05, 0) is 13.8 Å². The molecule has 1 aromatic rings. The molecule has 0 saturated carbocycles. The van der Waals surface area contributed by atoms with Crippen LogP contribution < -0.4 is 11.1 Å². The highest BCUT2D eigenvalue weighted by Gasteiger charge is 2.25. The lowest BCUT2D eigenvalue weighted by Gasteiger charge is -2.26. The summed E-state index contributed by atoms with van der Waals surface area (Å²) >= 11 is 0. The zero-order valence-corrected chi connectivity index (χ0v) is 9.49. The molecule has 6 heteroatoms. The van der Waals surface area contributed by atoms with E-state index in [0.29, 0.717) is 25.3 Å². The summed E-state index contributed by atoms with van der Waals surface area (Å²) in [7, 11) is 0. The summed E-state index contributed by atoms with van der Waals surface area (Å²) in [6, 6.07) is 0.237. The predicted octanol–water partition coefficient (Wildman–Crippen LogP) is 0.733. The van der Waals surface area contributed by atoms with Gasteiger partial charge in [-0.2, -0.15) is 4.98 Å². The van der Waals surface area contributed by atoms with E-state index in [1.54, 1.807) is 4.90 Å². The third-order valence-electron chi connectivity index (χ3n) is 2.45. The van der Waals surface area contributed by atoms with E-state index in [1.807, 2.05) is 13.8 Å². The Morgan fingerprint density at radius 3 is 3.06 bits per heavy atom. The smallest absolute Gasteiger partial charge is 0.318 e. The Balaban J connectivity index is 2.04. The summed E-state index contributed by atoms with van der Waals surface area (Å²) < 4.78 is 5.24. The van der Waals surface area contributed by atoms with Crippen LogP contribution in [0.15, 0.2) is 4.42 Å². The van der Waals surface area contributed by atoms with Crippen LogP contribution in [0.25, 0.3) is 0 Å². The van der Waals surface area contributed by atoms with Crippen LogP contribution in [0, 0.1) is 0 Å². The van der Waals surface area contributed by atoms with Crippen molar-refractivity contribution in [3.63, 3.8) is 0 Å². The van der Waals surface area contributed by atoms with Crippen molar-refractivity contribution in [1.82, 2.24) is 15.2 Å². The molecule has 0 radical (unpaired) electrons. The van der Waals surface area contributed by atoms with Crippen LogP contribution in [0.1, 0.15) is 25.3 Å². The maximum Gasteiger partial charge on any atom is 0.318 e. The fourth-order valence-electron chi connectivity index (χ4n) is 1.73. The second kappa shape index (κ2) is 4.03. The van der Waals surface area contributed by atoms with Crippen LogP contribution in [0.4, 0.5) is 10.8 Å². The van der Waals surface area contributed by atoms with Gasteiger partial charge in [-0.1, -0.05) is 0 Å². The number of anilines is 1. The molecule has 0 bridgehead atoms. The maximum absolute atomic E-state index is 11.7. The molecule has 0 spiro atoms. The molecule has 88 valence electrons. The monoisotopic (exact) mass is 224 g/mol. The van der Waals surface area contributed by atoms with Gasteiger partial charge in [-0.15, -0.1) is 0 Å². The highest BCUT2D eigenvalue weighted by molar-refractivity contribution is 5.74. The zero-order chi connectivity index (χ0) is 11.7. The summed E-state index contributed by atoms with van der Waals surface area (Å²) in [6.45, 7) is 4.95. The highest BCUT2D eigenvalue weighted by atomic mass is 16.4. The Morgan fingerprint density at radius 2 is 2.38 bits per heavy atom. The van der Waals surface area contributed by atoms with E-state index in [0.717, 1.165) is 5.69 Å². The van der Waals surface area contributed by atoms with Crippen LogP contribution in [0.5, 0.6) is 0 Å². The molecule has 16 heavy (non-hydrogen) atoms. The minimum Gasteiger partial charge on any atom is -0.427 e. The summed E-state index contributed by atoms with van der Waals surface area (Å²) in [6.07, 6.45) is 0.696. The first-order valence-corrected chi connectivity index (χ1v) is 5.35. The number of amides is 2.